The van der Waals surface area contributed by atoms with Crippen LogP contribution in [-0.2, 0) is 4.74 Å². The molecule has 8 heteroatoms. The van der Waals surface area contributed by atoms with E-state index in [-0.39, 0.29) is 5.97 Å². The van der Waals surface area contributed by atoms with E-state index >= 15 is 0 Å². The second-order valence-corrected chi connectivity index (χ2v) is 14.6. The number of carbonyl (C=O) groups is 1. The lowest BCUT2D eigenvalue weighted by atomic mass is 9.98. The van der Waals surface area contributed by atoms with Crippen LogP contribution in [0.4, 0.5) is 0 Å². The van der Waals surface area contributed by atoms with Crippen LogP contribution in [0.1, 0.15) is 40.2 Å². The average molecular weight is 617 g/mol. The molecule has 0 unspecified atom stereocenters. The molecule has 0 N–H and O–H groups in total. The van der Waals surface area contributed by atoms with Gasteiger partial charge in [0, 0.05) is 51.0 Å². The molecule has 0 aliphatic heterocycles. The van der Waals surface area contributed by atoms with Crippen molar-refractivity contribution in [2.45, 2.75) is 34.6 Å². The molecular weight excluding hydrogens is 589 g/mol. The van der Waals surface area contributed by atoms with E-state index < -0.39 is 0 Å². The van der Waals surface area contributed by atoms with Crippen LogP contribution in [0.25, 0.3) is 61.6 Å². The Balaban J connectivity index is 1.48. The number of esters is 1. The number of hydrogen-bond acceptors (Lipinski definition) is 8. The highest BCUT2D eigenvalue weighted by molar-refractivity contribution is 7.31. The van der Waals surface area contributed by atoms with E-state index in [1.54, 1.807) is 22.7 Å². The van der Waals surface area contributed by atoms with Crippen molar-refractivity contribution in [1.82, 2.24) is 0 Å². The van der Waals surface area contributed by atoms with E-state index in [0.29, 0.717) is 24.7 Å². The first-order valence-corrected chi connectivity index (χ1v) is 17.0. The van der Waals surface area contributed by atoms with Crippen LogP contribution >= 0.6 is 45.3 Å². The molecule has 0 aliphatic carbocycles. The van der Waals surface area contributed by atoms with Gasteiger partial charge in [0.15, 0.2) is 0 Å². The van der Waals surface area contributed by atoms with Gasteiger partial charge >= 0.3 is 5.97 Å². The number of rotatable bonds is 7. The molecule has 0 fully saturated rings. The summed E-state index contributed by atoms with van der Waals surface area (Å²) >= 11 is 6.91. The average Bonchev–Trinajstić information content (AvgIpc) is 3.71. The summed E-state index contributed by atoms with van der Waals surface area (Å²) in [4.78, 5) is 18.0. The summed E-state index contributed by atoms with van der Waals surface area (Å²) < 4.78 is 21.6. The van der Waals surface area contributed by atoms with Crippen LogP contribution in [0.15, 0.2) is 42.5 Å². The molecule has 0 atom stereocenters. The zero-order chi connectivity index (χ0) is 28.4. The van der Waals surface area contributed by atoms with Gasteiger partial charge < -0.3 is 14.2 Å². The van der Waals surface area contributed by atoms with Crippen LogP contribution in [0.3, 0.4) is 0 Å². The van der Waals surface area contributed by atoms with Crippen molar-refractivity contribution in [3.8, 4) is 21.3 Å². The molecule has 0 bridgehead atoms. The van der Waals surface area contributed by atoms with Crippen LogP contribution < -0.4 is 9.47 Å². The zero-order valence-corrected chi connectivity index (χ0v) is 26.7. The van der Waals surface area contributed by atoms with E-state index in [0.717, 1.165) is 43.1 Å². The minimum Gasteiger partial charge on any atom is -0.493 e. The molecule has 4 aromatic heterocycles. The van der Waals surface area contributed by atoms with Gasteiger partial charge in [-0.15, -0.1) is 45.3 Å². The summed E-state index contributed by atoms with van der Waals surface area (Å²) in [6.45, 7) is 11.7. The molecule has 0 saturated carbocycles. The first-order valence-electron chi connectivity index (χ1n) is 13.7. The maximum absolute atomic E-state index is 12.5. The van der Waals surface area contributed by atoms with Crippen LogP contribution in [0, 0.1) is 13.8 Å². The Morgan fingerprint density at radius 2 is 1.27 bits per heavy atom. The van der Waals surface area contributed by atoms with Gasteiger partial charge in [-0.1, -0.05) is 0 Å². The second kappa shape index (κ2) is 10.3. The highest BCUT2D eigenvalue weighted by Gasteiger charge is 2.22. The molecule has 41 heavy (non-hydrogen) atoms. The lowest BCUT2D eigenvalue weighted by Gasteiger charge is -2.17. The van der Waals surface area contributed by atoms with Gasteiger partial charge in [0.2, 0.25) is 0 Å². The molecule has 4 heterocycles. The van der Waals surface area contributed by atoms with Crippen molar-refractivity contribution in [2.24, 2.45) is 0 Å². The van der Waals surface area contributed by atoms with Gasteiger partial charge in [0.25, 0.3) is 0 Å². The molecular formula is C33H28O4S4. The molecule has 208 valence electrons. The number of ether oxygens (including phenoxy) is 3. The van der Waals surface area contributed by atoms with Crippen LogP contribution in [0.5, 0.6) is 11.5 Å². The van der Waals surface area contributed by atoms with Crippen LogP contribution in [0.2, 0.25) is 0 Å². The molecule has 0 amide bonds. The lowest BCUT2D eigenvalue weighted by Crippen LogP contribution is -2.01. The quantitative estimate of drug-likeness (QED) is 0.132. The largest absolute Gasteiger partial charge is 0.493 e. The fourth-order valence-electron chi connectivity index (χ4n) is 5.60. The molecule has 3 aromatic carbocycles. The number of carbonyl (C=O) groups excluding carboxylic acids is 1. The maximum atomic E-state index is 12.5. The minimum absolute atomic E-state index is 0.249. The molecule has 0 radical (unpaired) electrons. The SMILES string of the molecule is CCOC(=O)c1cc2c(C)sc(-c3cc4cc5c(OCC)c6cc7sc(C)cc7cc6c(OCC)c5cc4s3)c2s1. The smallest absolute Gasteiger partial charge is 0.348 e. The molecule has 7 aromatic rings. The van der Waals surface area contributed by atoms with Crippen molar-refractivity contribution in [2.75, 3.05) is 19.8 Å². The molecule has 7 rings (SSSR count). The Bertz CT molecular complexity index is 2040. The van der Waals surface area contributed by atoms with Crippen LogP contribution in [-0.4, -0.2) is 25.8 Å². The standard InChI is InChI=1S/C33H28O4S4/c1-6-35-29-21-10-18-9-16(4)38-25(18)14-23(21)30(36-7-2)22-11-19-12-27(40-26(19)15-24(22)29)32-31-20(17(5)39-32)13-28(41-31)33(34)37-8-3/h9-15H,6-8H2,1-5H3. The van der Waals surface area contributed by atoms with Crippen molar-refractivity contribution < 1.29 is 19.0 Å². The Labute approximate surface area is 253 Å². The third-order valence-corrected chi connectivity index (χ3v) is 11.9. The number of aryl methyl sites for hydroxylation is 2. The molecule has 0 aliphatic rings. The lowest BCUT2D eigenvalue weighted by molar-refractivity contribution is 0.0532. The fraction of sp³-hybridized carbons (Fsp3) is 0.242. The number of thiophene rings is 4. The Morgan fingerprint density at radius 1 is 0.659 bits per heavy atom. The maximum Gasteiger partial charge on any atom is 0.348 e. The number of hydrogen-bond donors (Lipinski definition) is 0. The van der Waals surface area contributed by atoms with E-state index in [4.69, 9.17) is 14.2 Å². The predicted octanol–water partition coefficient (Wildman–Crippen LogP) is 11.0. The van der Waals surface area contributed by atoms with Gasteiger partial charge in [-0.3, -0.25) is 0 Å². The van der Waals surface area contributed by atoms with Gasteiger partial charge in [-0.05, 0) is 87.9 Å². The van der Waals surface area contributed by atoms with Crippen molar-refractivity contribution in [3.63, 3.8) is 0 Å². The summed E-state index contributed by atoms with van der Waals surface area (Å²) in [7, 11) is 0. The summed E-state index contributed by atoms with van der Waals surface area (Å²) in [5, 5.41) is 7.87. The van der Waals surface area contributed by atoms with Crippen molar-refractivity contribution >= 4 is 103 Å². The van der Waals surface area contributed by atoms with Gasteiger partial charge in [0.05, 0.1) is 29.4 Å². The summed E-state index contributed by atoms with van der Waals surface area (Å²) in [5.41, 5.74) is 0. The third kappa shape index (κ3) is 4.31. The predicted molar refractivity (Wildman–Crippen MR) is 179 cm³/mol. The Kier molecular flexibility index (Phi) is 6.70. The van der Waals surface area contributed by atoms with E-state index in [9.17, 15) is 4.79 Å². The normalized spacial score (nSPS) is 11.9. The van der Waals surface area contributed by atoms with Crippen molar-refractivity contribution in [3.05, 3.63) is 57.1 Å². The summed E-state index contributed by atoms with van der Waals surface area (Å²) in [6, 6.07) is 15.6. The highest BCUT2D eigenvalue weighted by atomic mass is 32.1. The van der Waals surface area contributed by atoms with Gasteiger partial charge in [-0.25, -0.2) is 4.79 Å². The first kappa shape index (κ1) is 26.7. The fourth-order valence-corrected chi connectivity index (χ4v) is 10.2. The van der Waals surface area contributed by atoms with E-state index in [1.165, 1.54) is 51.0 Å². The molecule has 4 nitrogen and oxygen atoms in total. The highest BCUT2D eigenvalue weighted by Crippen LogP contribution is 2.50. The Morgan fingerprint density at radius 3 is 1.90 bits per heavy atom. The topological polar surface area (TPSA) is 44.8 Å². The van der Waals surface area contributed by atoms with Gasteiger partial charge in [-0.2, -0.15) is 0 Å². The minimum atomic E-state index is -0.249. The first-order chi connectivity index (χ1) is 19.9. The third-order valence-electron chi connectivity index (χ3n) is 7.27. The van der Waals surface area contributed by atoms with E-state index in [1.807, 2.05) is 38.2 Å². The number of benzene rings is 3. The summed E-state index contributed by atoms with van der Waals surface area (Å²) in [6.07, 6.45) is 0. The van der Waals surface area contributed by atoms with Crippen molar-refractivity contribution in [1.29, 1.82) is 0 Å². The molecule has 0 spiro atoms. The zero-order valence-electron chi connectivity index (χ0n) is 23.4. The molecule has 0 saturated heterocycles. The number of fused-ring (bicyclic) bond motifs is 5. The summed E-state index contributed by atoms with van der Waals surface area (Å²) in [5.74, 6) is 1.58. The monoisotopic (exact) mass is 616 g/mol. The van der Waals surface area contributed by atoms with Gasteiger partial charge in [0.1, 0.15) is 16.4 Å². The Hall–Kier alpha value is -3.17. The second-order valence-electron chi connectivity index (χ2n) is 9.92. The van der Waals surface area contributed by atoms with E-state index in [2.05, 4.69) is 50.2 Å².